The van der Waals surface area contributed by atoms with E-state index in [1.165, 1.54) is 289 Å². The lowest BCUT2D eigenvalue weighted by atomic mass is 10.0. The molecule has 366 valence electrons. The summed E-state index contributed by atoms with van der Waals surface area (Å²) in [6, 6.07) is -0.531. The first-order valence-corrected chi connectivity index (χ1v) is 28.7. The molecule has 4 heteroatoms. The number of carbonyl (C=O) groups is 1. The minimum atomic E-state index is -0.655. The van der Waals surface area contributed by atoms with Gasteiger partial charge < -0.3 is 15.5 Å². The summed E-state index contributed by atoms with van der Waals surface area (Å²) in [7, 11) is 0. The number of aliphatic hydroxyl groups excluding tert-OH is 2. The van der Waals surface area contributed by atoms with Gasteiger partial charge in [0.25, 0.3) is 0 Å². The Morgan fingerprint density at radius 2 is 0.525 bits per heavy atom. The molecule has 0 spiro atoms. The first-order valence-electron chi connectivity index (χ1n) is 28.7. The molecule has 3 N–H and O–H groups in total. The van der Waals surface area contributed by atoms with Gasteiger partial charge in [-0.2, -0.15) is 0 Å². The number of rotatable bonds is 54. The van der Waals surface area contributed by atoms with Crippen molar-refractivity contribution < 1.29 is 15.0 Å². The van der Waals surface area contributed by atoms with Gasteiger partial charge in [0.2, 0.25) is 5.91 Å². The van der Waals surface area contributed by atoms with Gasteiger partial charge in [-0.3, -0.25) is 4.79 Å². The molecule has 0 rings (SSSR count). The summed E-state index contributed by atoms with van der Waals surface area (Å²) in [5.41, 5.74) is 0. The average molecular weight is 863 g/mol. The number of carbonyl (C=O) groups excluding carboxylic acids is 1. The molecule has 0 aromatic heterocycles. The Labute approximate surface area is 384 Å². The lowest BCUT2D eigenvalue weighted by Gasteiger charge is -2.22. The number of hydrogen-bond donors (Lipinski definition) is 3. The van der Waals surface area contributed by atoms with Crippen molar-refractivity contribution in [2.24, 2.45) is 0 Å². The Hall–Kier alpha value is -0.610. The summed E-state index contributed by atoms with van der Waals surface area (Å²) in [6.45, 7) is 4.41. The molecule has 0 aromatic carbocycles. The molecule has 2 atom stereocenters. The van der Waals surface area contributed by atoms with Crippen molar-refractivity contribution in [2.45, 2.75) is 353 Å². The molecule has 2 unspecified atom stereocenters. The minimum Gasteiger partial charge on any atom is -0.394 e. The molecule has 61 heavy (non-hydrogen) atoms. The average Bonchev–Trinajstić information content (AvgIpc) is 3.26. The summed E-state index contributed by atoms with van der Waals surface area (Å²) < 4.78 is 0. The van der Waals surface area contributed by atoms with Crippen molar-refractivity contribution >= 4 is 5.91 Å². The Kier molecular flexibility index (Phi) is 53.2. The van der Waals surface area contributed by atoms with Gasteiger partial charge in [-0.05, 0) is 12.8 Å². The summed E-state index contributed by atoms with van der Waals surface area (Å²) in [4.78, 5) is 12.5. The van der Waals surface area contributed by atoms with Crippen molar-refractivity contribution in [3.63, 3.8) is 0 Å². The molecule has 4 nitrogen and oxygen atoms in total. The normalized spacial score (nSPS) is 12.7. The molecule has 1 amide bonds. The largest absolute Gasteiger partial charge is 0.394 e. The van der Waals surface area contributed by atoms with Crippen LogP contribution in [0.4, 0.5) is 0 Å². The third-order valence-corrected chi connectivity index (χ3v) is 13.9. The fourth-order valence-electron chi connectivity index (χ4n) is 9.48. The Morgan fingerprint density at radius 3 is 0.738 bits per heavy atom. The van der Waals surface area contributed by atoms with E-state index in [-0.39, 0.29) is 12.5 Å². The van der Waals surface area contributed by atoms with Gasteiger partial charge in [0, 0.05) is 6.42 Å². The molecule has 0 saturated heterocycles. The van der Waals surface area contributed by atoms with Gasteiger partial charge in [0.05, 0.1) is 18.8 Å². The number of hydrogen-bond acceptors (Lipinski definition) is 3. The molecule has 0 aromatic rings. The Balaban J connectivity index is 3.38. The van der Waals surface area contributed by atoms with Crippen LogP contribution < -0.4 is 5.32 Å². The summed E-state index contributed by atoms with van der Waals surface area (Å²) >= 11 is 0. The van der Waals surface area contributed by atoms with Crippen molar-refractivity contribution in [3.05, 3.63) is 0 Å². The van der Waals surface area contributed by atoms with Gasteiger partial charge in [-0.25, -0.2) is 0 Å². The maximum Gasteiger partial charge on any atom is 0.220 e. The van der Waals surface area contributed by atoms with Crippen LogP contribution in [-0.2, 0) is 4.79 Å². The van der Waals surface area contributed by atoms with E-state index in [9.17, 15) is 15.0 Å². The van der Waals surface area contributed by atoms with Crippen LogP contribution in [0.25, 0.3) is 0 Å². The first kappa shape index (κ1) is 60.4. The Morgan fingerprint density at radius 1 is 0.328 bits per heavy atom. The van der Waals surface area contributed by atoms with Crippen molar-refractivity contribution in [1.29, 1.82) is 0 Å². The molecule has 0 aliphatic heterocycles. The fraction of sp³-hybridized carbons (Fsp3) is 0.982. The van der Waals surface area contributed by atoms with Crippen LogP contribution in [-0.4, -0.2) is 34.9 Å². The molecule has 0 aliphatic rings. The maximum absolute atomic E-state index is 12.5. The van der Waals surface area contributed by atoms with Crippen LogP contribution in [0.5, 0.6) is 0 Å². The van der Waals surface area contributed by atoms with Crippen molar-refractivity contribution in [2.75, 3.05) is 6.61 Å². The minimum absolute atomic E-state index is 0.0224. The van der Waals surface area contributed by atoms with Crippen LogP contribution in [0, 0.1) is 0 Å². The van der Waals surface area contributed by atoms with E-state index in [1.807, 2.05) is 0 Å². The summed E-state index contributed by atoms with van der Waals surface area (Å²) in [5.74, 6) is -0.0224. The van der Waals surface area contributed by atoms with Crippen molar-refractivity contribution in [3.8, 4) is 0 Å². The number of unbranched alkanes of at least 4 members (excludes halogenated alkanes) is 47. The van der Waals surface area contributed by atoms with E-state index in [0.29, 0.717) is 12.8 Å². The summed E-state index contributed by atoms with van der Waals surface area (Å²) in [6.07, 6.45) is 68.2. The van der Waals surface area contributed by atoms with Crippen LogP contribution in [0.2, 0.25) is 0 Å². The third kappa shape index (κ3) is 50.3. The van der Waals surface area contributed by atoms with E-state index < -0.39 is 12.1 Å². The predicted octanol–water partition coefficient (Wildman–Crippen LogP) is 18.8. The highest BCUT2D eigenvalue weighted by molar-refractivity contribution is 5.76. The highest BCUT2D eigenvalue weighted by Crippen LogP contribution is 2.19. The van der Waals surface area contributed by atoms with E-state index in [2.05, 4.69) is 19.2 Å². The standard InChI is InChI=1S/C57H115NO3/c1-3-5-7-9-11-13-15-17-19-21-23-24-25-26-27-28-29-30-31-32-33-35-36-38-40-42-44-46-48-50-52-56(60)55(54-59)58-57(61)53-51-49-47-45-43-41-39-37-34-22-20-18-16-14-12-10-8-6-4-2/h55-56,59-60H,3-54H2,1-2H3,(H,58,61). The second kappa shape index (κ2) is 53.7. The monoisotopic (exact) mass is 862 g/mol. The molecule has 0 heterocycles. The number of aliphatic hydroxyl groups is 2. The van der Waals surface area contributed by atoms with E-state index >= 15 is 0 Å². The van der Waals surface area contributed by atoms with E-state index in [1.54, 1.807) is 0 Å². The SMILES string of the molecule is CCCCCCCCCCCCCCCCCCCCCCCCCCCCCCCCC(O)C(CO)NC(=O)CCCCCCCCCCCCCCCCCCCCC. The highest BCUT2D eigenvalue weighted by Gasteiger charge is 2.20. The van der Waals surface area contributed by atoms with E-state index in [4.69, 9.17) is 0 Å². The van der Waals surface area contributed by atoms with Crippen molar-refractivity contribution in [1.82, 2.24) is 5.32 Å². The van der Waals surface area contributed by atoms with Gasteiger partial charge in [-0.1, -0.05) is 322 Å². The molecule has 0 radical (unpaired) electrons. The lowest BCUT2D eigenvalue weighted by molar-refractivity contribution is -0.123. The second-order valence-electron chi connectivity index (χ2n) is 20.1. The van der Waals surface area contributed by atoms with Gasteiger partial charge in [0.15, 0.2) is 0 Å². The van der Waals surface area contributed by atoms with Crippen LogP contribution in [0.15, 0.2) is 0 Å². The lowest BCUT2D eigenvalue weighted by Crippen LogP contribution is -2.45. The molecule has 0 bridgehead atoms. The first-order chi connectivity index (χ1) is 30.2. The Bertz CT molecular complexity index is 803. The van der Waals surface area contributed by atoms with Gasteiger partial charge in [-0.15, -0.1) is 0 Å². The smallest absolute Gasteiger partial charge is 0.220 e. The predicted molar refractivity (Wildman–Crippen MR) is 272 cm³/mol. The highest BCUT2D eigenvalue weighted by atomic mass is 16.3. The zero-order valence-electron chi connectivity index (χ0n) is 42.2. The maximum atomic E-state index is 12.5. The van der Waals surface area contributed by atoms with Gasteiger partial charge in [0.1, 0.15) is 0 Å². The number of nitrogens with one attached hydrogen (secondary N) is 1. The zero-order chi connectivity index (χ0) is 44.2. The molecular weight excluding hydrogens is 747 g/mol. The molecular formula is C57H115NO3. The molecule has 0 aliphatic carbocycles. The van der Waals surface area contributed by atoms with Crippen LogP contribution in [0.3, 0.4) is 0 Å². The second-order valence-corrected chi connectivity index (χ2v) is 20.1. The summed E-state index contributed by atoms with van der Waals surface area (Å²) in [5, 5.41) is 23.3. The number of amides is 1. The third-order valence-electron chi connectivity index (χ3n) is 13.9. The van der Waals surface area contributed by atoms with Gasteiger partial charge >= 0.3 is 0 Å². The zero-order valence-corrected chi connectivity index (χ0v) is 42.2. The fourth-order valence-corrected chi connectivity index (χ4v) is 9.48. The quantitative estimate of drug-likeness (QED) is 0.0534. The van der Waals surface area contributed by atoms with E-state index in [0.717, 1.165) is 25.7 Å². The van der Waals surface area contributed by atoms with Crippen LogP contribution in [0.1, 0.15) is 341 Å². The van der Waals surface area contributed by atoms with Crippen LogP contribution >= 0.6 is 0 Å². The molecule has 0 fully saturated rings. The topological polar surface area (TPSA) is 69.6 Å². The molecule has 0 saturated carbocycles.